The van der Waals surface area contributed by atoms with Crippen molar-refractivity contribution in [3.63, 3.8) is 0 Å². The zero-order chi connectivity index (χ0) is 13.0. The smallest absolute Gasteiger partial charge is 0.149 e. The average Bonchev–Trinajstić information content (AvgIpc) is 2.78. The van der Waals surface area contributed by atoms with Crippen LogP contribution in [0.1, 0.15) is 18.9 Å². The molecule has 6 heteroatoms. The molecule has 0 aromatic carbocycles. The second kappa shape index (κ2) is 6.22. The van der Waals surface area contributed by atoms with Crippen LogP contribution in [0.4, 0.5) is 0 Å². The summed E-state index contributed by atoms with van der Waals surface area (Å²) in [6.45, 7) is 5.17. The fourth-order valence-electron chi connectivity index (χ4n) is 1.48. The molecule has 0 aliphatic heterocycles. The minimum atomic E-state index is 0.493. The van der Waals surface area contributed by atoms with Gasteiger partial charge in [0.05, 0.1) is 5.02 Å². The maximum atomic E-state index is 6.08. The number of nitrogens with one attached hydrogen (secondary N) is 1. The lowest BCUT2D eigenvalue weighted by atomic mass is 10.3. The molecule has 0 amide bonds. The molecule has 0 fully saturated rings. The van der Waals surface area contributed by atoms with Crippen LogP contribution in [0.2, 0.25) is 5.02 Å². The van der Waals surface area contributed by atoms with E-state index in [4.69, 9.17) is 11.6 Å². The van der Waals surface area contributed by atoms with Gasteiger partial charge in [-0.25, -0.2) is 0 Å². The summed E-state index contributed by atoms with van der Waals surface area (Å²) >= 11 is 7.66. The van der Waals surface area contributed by atoms with Gasteiger partial charge in [-0.2, -0.15) is 0 Å². The Balaban J connectivity index is 2.04. The van der Waals surface area contributed by atoms with Crippen LogP contribution in [-0.2, 0) is 6.42 Å². The van der Waals surface area contributed by atoms with Crippen LogP contribution in [0.5, 0.6) is 0 Å². The van der Waals surface area contributed by atoms with E-state index >= 15 is 0 Å². The van der Waals surface area contributed by atoms with Gasteiger partial charge in [-0.3, -0.25) is 4.98 Å². The third kappa shape index (κ3) is 3.48. The molecule has 0 saturated heterocycles. The molecule has 0 aliphatic carbocycles. The standard InChI is InChI=1S/C12H15ClN4S/c1-8(2)15-6-4-11-16-17-12(18-11)9-3-5-14-7-10(9)13/h3,5,7-8,15H,4,6H2,1-2H3. The second-order valence-corrected chi connectivity index (χ2v) is 5.68. The van der Waals surface area contributed by atoms with Gasteiger partial charge in [0.25, 0.3) is 0 Å². The van der Waals surface area contributed by atoms with Crippen molar-refractivity contribution in [3.05, 3.63) is 28.5 Å². The first-order valence-electron chi connectivity index (χ1n) is 5.82. The van der Waals surface area contributed by atoms with Gasteiger partial charge in [-0.15, -0.1) is 10.2 Å². The second-order valence-electron chi connectivity index (χ2n) is 4.22. The Kier molecular flexibility index (Phi) is 4.63. The van der Waals surface area contributed by atoms with Crippen LogP contribution in [0, 0.1) is 0 Å². The van der Waals surface area contributed by atoms with Gasteiger partial charge >= 0.3 is 0 Å². The van der Waals surface area contributed by atoms with Gasteiger partial charge in [-0.1, -0.05) is 36.8 Å². The van der Waals surface area contributed by atoms with Gasteiger partial charge < -0.3 is 5.32 Å². The van der Waals surface area contributed by atoms with Crippen LogP contribution in [-0.4, -0.2) is 27.8 Å². The van der Waals surface area contributed by atoms with Crippen LogP contribution >= 0.6 is 22.9 Å². The highest BCUT2D eigenvalue weighted by molar-refractivity contribution is 7.14. The fourth-order valence-corrected chi connectivity index (χ4v) is 2.62. The SMILES string of the molecule is CC(C)NCCc1nnc(-c2ccncc2Cl)s1. The molecule has 0 aliphatic rings. The predicted molar refractivity (Wildman–Crippen MR) is 75.0 cm³/mol. The lowest BCUT2D eigenvalue weighted by molar-refractivity contribution is 0.588. The Morgan fingerprint density at radius 1 is 1.39 bits per heavy atom. The molecule has 0 atom stereocenters. The average molecular weight is 283 g/mol. The van der Waals surface area contributed by atoms with E-state index in [1.54, 1.807) is 23.7 Å². The van der Waals surface area contributed by atoms with E-state index < -0.39 is 0 Å². The van der Waals surface area contributed by atoms with Gasteiger partial charge in [0.1, 0.15) is 10.0 Å². The summed E-state index contributed by atoms with van der Waals surface area (Å²) in [7, 11) is 0. The first kappa shape index (κ1) is 13.4. The zero-order valence-electron chi connectivity index (χ0n) is 10.4. The molecule has 0 saturated carbocycles. The summed E-state index contributed by atoms with van der Waals surface area (Å²) in [5, 5.41) is 14.2. The molecule has 0 radical (unpaired) electrons. The molecular weight excluding hydrogens is 268 g/mol. The minimum absolute atomic E-state index is 0.493. The highest BCUT2D eigenvalue weighted by Gasteiger charge is 2.09. The summed E-state index contributed by atoms with van der Waals surface area (Å²) in [6, 6.07) is 2.35. The lowest BCUT2D eigenvalue weighted by Gasteiger charge is -2.05. The molecule has 4 nitrogen and oxygen atoms in total. The molecule has 0 spiro atoms. The van der Waals surface area contributed by atoms with Crippen molar-refractivity contribution in [2.45, 2.75) is 26.3 Å². The van der Waals surface area contributed by atoms with E-state index in [0.29, 0.717) is 11.1 Å². The minimum Gasteiger partial charge on any atom is -0.314 e. The Bertz CT molecular complexity index is 512. The number of nitrogens with zero attached hydrogens (tertiary/aromatic N) is 3. The van der Waals surface area contributed by atoms with Crippen LogP contribution < -0.4 is 5.32 Å². The normalized spacial score (nSPS) is 11.1. The molecule has 2 aromatic rings. The largest absolute Gasteiger partial charge is 0.314 e. The van der Waals surface area contributed by atoms with Crippen molar-refractivity contribution in [3.8, 4) is 10.6 Å². The van der Waals surface area contributed by atoms with E-state index in [1.807, 2.05) is 6.07 Å². The van der Waals surface area contributed by atoms with E-state index in [0.717, 1.165) is 28.5 Å². The Morgan fingerprint density at radius 2 is 2.22 bits per heavy atom. The topological polar surface area (TPSA) is 50.7 Å². The molecular formula is C12H15ClN4S. The molecule has 1 N–H and O–H groups in total. The first-order chi connectivity index (χ1) is 8.66. The summed E-state index contributed by atoms with van der Waals surface area (Å²) < 4.78 is 0. The fraction of sp³-hybridized carbons (Fsp3) is 0.417. The van der Waals surface area contributed by atoms with E-state index in [-0.39, 0.29) is 0 Å². The van der Waals surface area contributed by atoms with Crippen molar-refractivity contribution in [2.75, 3.05) is 6.54 Å². The maximum absolute atomic E-state index is 6.08. The van der Waals surface area contributed by atoms with Gasteiger partial charge in [0, 0.05) is 37.0 Å². The Labute approximate surface area is 115 Å². The van der Waals surface area contributed by atoms with Crippen LogP contribution in [0.15, 0.2) is 18.5 Å². The van der Waals surface area contributed by atoms with E-state index in [1.165, 1.54) is 0 Å². The van der Waals surface area contributed by atoms with Crippen molar-refractivity contribution in [1.82, 2.24) is 20.5 Å². The maximum Gasteiger partial charge on any atom is 0.149 e. The first-order valence-corrected chi connectivity index (χ1v) is 7.02. The number of rotatable bonds is 5. The molecule has 2 heterocycles. The third-order valence-electron chi connectivity index (χ3n) is 2.36. The Morgan fingerprint density at radius 3 is 2.94 bits per heavy atom. The summed E-state index contributed by atoms with van der Waals surface area (Å²) in [4.78, 5) is 3.96. The van der Waals surface area contributed by atoms with E-state index in [2.05, 4.69) is 34.3 Å². The number of pyridine rings is 1. The lowest BCUT2D eigenvalue weighted by Crippen LogP contribution is -2.24. The van der Waals surface area contributed by atoms with Crippen LogP contribution in [0.3, 0.4) is 0 Å². The van der Waals surface area contributed by atoms with E-state index in [9.17, 15) is 0 Å². The summed E-state index contributed by atoms with van der Waals surface area (Å²) in [5.41, 5.74) is 0.896. The van der Waals surface area contributed by atoms with Crippen molar-refractivity contribution < 1.29 is 0 Å². The number of aromatic nitrogens is 3. The molecule has 2 aromatic heterocycles. The third-order valence-corrected chi connectivity index (χ3v) is 3.68. The van der Waals surface area contributed by atoms with Gasteiger partial charge in [0.15, 0.2) is 0 Å². The number of hydrogen-bond donors (Lipinski definition) is 1. The quantitative estimate of drug-likeness (QED) is 0.916. The number of halogens is 1. The van der Waals surface area contributed by atoms with Crippen molar-refractivity contribution in [2.24, 2.45) is 0 Å². The molecule has 0 bridgehead atoms. The molecule has 0 unspecified atom stereocenters. The molecule has 18 heavy (non-hydrogen) atoms. The monoisotopic (exact) mass is 282 g/mol. The highest BCUT2D eigenvalue weighted by Crippen LogP contribution is 2.29. The van der Waals surface area contributed by atoms with Gasteiger partial charge in [0.2, 0.25) is 0 Å². The molecule has 96 valence electrons. The predicted octanol–water partition coefficient (Wildman–Crippen LogP) is 2.79. The Hall–Kier alpha value is -1.04. The van der Waals surface area contributed by atoms with Crippen molar-refractivity contribution in [1.29, 1.82) is 0 Å². The zero-order valence-corrected chi connectivity index (χ0v) is 11.9. The highest BCUT2D eigenvalue weighted by atomic mass is 35.5. The summed E-state index contributed by atoms with van der Waals surface area (Å²) in [5.74, 6) is 0. The summed E-state index contributed by atoms with van der Waals surface area (Å²) in [6.07, 6.45) is 4.22. The van der Waals surface area contributed by atoms with Crippen molar-refractivity contribution >= 4 is 22.9 Å². The van der Waals surface area contributed by atoms with Crippen LogP contribution in [0.25, 0.3) is 10.6 Å². The molecule has 2 rings (SSSR count). The van der Waals surface area contributed by atoms with Gasteiger partial charge in [-0.05, 0) is 6.07 Å². The number of hydrogen-bond acceptors (Lipinski definition) is 5.